The Labute approximate surface area is 83.3 Å². The Bertz CT molecular complexity index is 303. The lowest BCUT2D eigenvalue weighted by atomic mass is 10.1. The van der Waals surface area contributed by atoms with Gasteiger partial charge in [0.05, 0.1) is 19.6 Å². The van der Waals surface area contributed by atoms with Gasteiger partial charge in [0, 0.05) is 0 Å². The SMILES string of the molecule is COC(=O)C[C@@H](O)c1ccc(C)cc1. The van der Waals surface area contributed by atoms with E-state index < -0.39 is 12.1 Å². The van der Waals surface area contributed by atoms with Crippen LogP contribution in [0.2, 0.25) is 0 Å². The first kappa shape index (κ1) is 10.7. The zero-order valence-electron chi connectivity index (χ0n) is 8.36. The van der Waals surface area contributed by atoms with Crippen molar-refractivity contribution in [1.82, 2.24) is 0 Å². The van der Waals surface area contributed by atoms with Crippen LogP contribution in [-0.2, 0) is 9.53 Å². The molecule has 0 spiro atoms. The highest BCUT2D eigenvalue weighted by Gasteiger charge is 2.12. The van der Waals surface area contributed by atoms with Gasteiger partial charge in [-0.3, -0.25) is 4.79 Å². The predicted molar refractivity (Wildman–Crippen MR) is 52.8 cm³/mol. The second-order valence-electron chi connectivity index (χ2n) is 3.21. The number of aliphatic hydroxyl groups is 1. The van der Waals surface area contributed by atoms with Crippen molar-refractivity contribution in [1.29, 1.82) is 0 Å². The van der Waals surface area contributed by atoms with Gasteiger partial charge in [-0.2, -0.15) is 0 Å². The zero-order valence-corrected chi connectivity index (χ0v) is 8.36. The van der Waals surface area contributed by atoms with E-state index in [0.717, 1.165) is 11.1 Å². The molecule has 1 aromatic rings. The van der Waals surface area contributed by atoms with Gasteiger partial charge in [-0.15, -0.1) is 0 Å². The van der Waals surface area contributed by atoms with Crippen LogP contribution in [-0.4, -0.2) is 18.2 Å². The zero-order chi connectivity index (χ0) is 10.6. The maximum atomic E-state index is 10.9. The maximum absolute atomic E-state index is 10.9. The Balaban J connectivity index is 2.65. The second-order valence-corrected chi connectivity index (χ2v) is 3.21. The Hall–Kier alpha value is -1.35. The van der Waals surface area contributed by atoms with E-state index in [1.165, 1.54) is 7.11 Å². The molecule has 0 heterocycles. The standard InChI is InChI=1S/C11H14O3/c1-8-3-5-9(6-4-8)10(12)7-11(13)14-2/h3-6,10,12H,7H2,1-2H3/t10-/m1/s1. The third-order valence-electron chi connectivity index (χ3n) is 2.05. The van der Waals surface area contributed by atoms with Gasteiger partial charge in [0.25, 0.3) is 0 Å². The third-order valence-corrected chi connectivity index (χ3v) is 2.05. The first-order valence-corrected chi connectivity index (χ1v) is 4.45. The molecule has 1 N–H and O–H groups in total. The Morgan fingerprint density at radius 3 is 2.50 bits per heavy atom. The molecule has 0 aliphatic heterocycles. The Morgan fingerprint density at radius 1 is 1.43 bits per heavy atom. The van der Waals surface area contributed by atoms with E-state index >= 15 is 0 Å². The number of carbonyl (C=O) groups is 1. The van der Waals surface area contributed by atoms with Gasteiger partial charge in [-0.25, -0.2) is 0 Å². The molecule has 0 amide bonds. The number of esters is 1. The van der Waals surface area contributed by atoms with Gasteiger partial charge in [-0.05, 0) is 12.5 Å². The van der Waals surface area contributed by atoms with Crippen molar-refractivity contribution in [2.24, 2.45) is 0 Å². The molecule has 0 bridgehead atoms. The summed E-state index contributed by atoms with van der Waals surface area (Å²) < 4.78 is 4.47. The minimum atomic E-state index is -0.775. The number of ether oxygens (including phenoxy) is 1. The van der Waals surface area contributed by atoms with Crippen molar-refractivity contribution in [3.8, 4) is 0 Å². The van der Waals surface area contributed by atoms with E-state index in [9.17, 15) is 9.90 Å². The van der Waals surface area contributed by atoms with E-state index in [2.05, 4.69) is 4.74 Å². The van der Waals surface area contributed by atoms with E-state index in [-0.39, 0.29) is 6.42 Å². The van der Waals surface area contributed by atoms with Crippen molar-refractivity contribution < 1.29 is 14.6 Å². The number of methoxy groups -OCH3 is 1. The molecule has 0 saturated carbocycles. The molecule has 1 aromatic carbocycles. The molecule has 1 rings (SSSR count). The fourth-order valence-corrected chi connectivity index (χ4v) is 1.15. The number of aryl methyl sites for hydroxylation is 1. The molecule has 3 nitrogen and oxygen atoms in total. The van der Waals surface area contributed by atoms with Crippen molar-refractivity contribution in [3.05, 3.63) is 35.4 Å². The van der Waals surface area contributed by atoms with Crippen molar-refractivity contribution in [2.45, 2.75) is 19.4 Å². The minimum Gasteiger partial charge on any atom is -0.469 e. The highest BCUT2D eigenvalue weighted by molar-refractivity contribution is 5.70. The van der Waals surface area contributed by atoms with E-state index in [1.807, 2.05) is 31.2 Å². The lowest BCUT2D eigenvalue weighted by Gasteiger charge is -2.09. The number of aliphatic hydroxyl groups excluding tert-OH is 1. The molecule has 0 fully saturated rings. The lowest BCUT2D eigenvalue weighted by molar-refractivity contribution is -0.142. The summed E-state index contributed by atoms with van der Waals surface area (Å²) in [4.78, 5) is 10.9. The molecular weight excluding hydrogens is 180 g/mol. The molecule has 0 aliphatic rings. The average Bonchev–Trinajstić information content (AvgIpc) is 2.18. The lowest BCUT2D eigenvalue weighted by Crippen LogP contribution is -2.07. The van der Waals surface area contributed by atoms with Crippen LogP contribution < -0.4 is 0 Å². The predicted octanol–water partition coefficient (Wildman–Crippen LogP) is 1.59. The van der Waals surface area contributed by atoms with Crippen molar-refractivity contribution >= 4 is 5.97 Å². The van der Waals surface area contributed by atoms with Crippen LogP contribution in [0.5, 0.6) is 0 Å². The van der Waals surface area contributed by atoms with Crippen LogP contribution in [0.1, 0.15) is 23.7 Å². The highest BCUT2D eigenvalue weighted by Crippen LogP contribution is 2.17. The summed E-state index contributed by atoms with van der Waals surface area (Å²) in [5, 5.41) is 9.61. The molecule has 0 saturated heterocycles. The summed E-state index contributed by atoms with van der Waals surface area (Å²) in [6, 6.07) is 7.41. The molecule has 0 unspecified atom stereocenters. The molecule has 1 atom stereocenters. The summed E-state index contributed by atoms with van der Waals surface area (Å²) >= 11 is 0. The van der Waals surface area contributed by atoms with Crippen molar-refractivity contribution in [2.75, 3.05) is 7.11 Å². The summed E-state index contributed by atoms with van der Waals surface area (Å²) in [6.07, 6.45) is -0.775. The fraction of sp³-hybridized carbons (Fsp3) is 0.364. The normalized spacial score (nSPS) is 12.2. The molecular formula is C11H14O3. The summed E-state index contributed by atoms with van der Waals surface area (Å²) in [7, 11) is 1.31. The topological polar surface area (TPSA) is 46.5 Å². The van der Waals surface area contributed by atoms with E-state index in [0.29, 0.717) is 0 Å². The third kappa shape index (κ3) is 2.85. The fourth-order valence-electron chi connectivity index (χ4n) is 1.15. The monoisotopic (exact) mass is 194 g/mol. The maximum Gasteiger partial charge on any atom is 0.308 e. The average molecular weight is 194 g/mol. The van der Waals surface area contributed by atoms with Crippen LogP contribution in [0.15, 0.2) is 24.3 Å². The minimum absolute atomic E-state index is 0.000436. The van der Waals surface area contributed by atoms with Gasteiger partial charge in [0.1, 0.15) is 0 Å². The second kappa shape index (κ2) is 4.77. The molecule has 76 valence electrons. The summed E-state index contributed by atoms with van der Waals surface area (Å²) in [5.74, 6) is -0.405. The Morgan fingerprint density at radius 2 is 2.00 bits per heavy atom. The van der Waals surface area contributed by atoms with Crippen LogP contribution in [0.3, 0.4) is 0 Å². The largest absolute Gasteiger partial charge is 0.469 e. The summed E-state index contributed by atoms with van der Waals surface area (Å²) in [5.41, 5.74) is 1.86. The van der Waals surface area contributed by atoms with Gasteiger partial charge in [-0.1, -0.05) is 29.8 Å². The number of hydrogen-bond donors (Lipinski definition) is 1. The van der Waals surface area contributed by atoms with Crippen molar-refractivity contribution in [3.63, 3.8) is 0 Å². The van der Waals surface area contributed by atoms with Gasteiger partial charge in [0.2, 0.25) is 0 Å². The molecule has 14 heavy (non-hydrogen) atoms. The first-order chi connectivity index (χ1) is 6.63. The number of rotatable bonds is 3. The van der Waals surface area contributed by atoms with E-state index in [4.69, 9.17) is 0 Å². The number of hydrogen-bond acceptors (Lipinski definition) is 3. The summed E-state index contributed by atoms with van der Waals surface area (Å²) in [6.45, 7) is 1.97. The molecule has 3 heteroatoms. The molecule has 0 aliphatic carbocycles. The molecule has 0 radical (unpaired) electrons. The van der Waals surface area contributed by atoms with Crippen LogP contribution in [0.25, 0.3) is 0 Å². The Kier molecular flexibility index (Phi) is 3.65. The number of carbonyl (C=O) groups excluding carboxylic acids is 1. The van der Waals surface area contributed by atoms with E-state index in [1.54, 1.807) is 0 Å². The quantitative estimate of drug-likeness (QED) is 0.743. The molecule has 0 aromatic heterocycles. The van der Waals surface area contributed by atoms with Crippen LogP contribution >= 0.6 is 0 Å². The van der Waals surface area contributed by atoms with Gasteiger partial charge in [0.15, 0.2) is 0 Å². The smallest absolute Gasteiger partial charge is 0.308 e. The van der Waals surface area contributed by atoms with Gasteiger partial charge >= 0.3 is 5.97 Å². The first-order valence-electron chi connectivity index (χ1n) is 4.45. The van der Waals surface area contributed by atoms with Gasteiger partial charge < -0.3 is 9.84 Å². The number of benzene rings is 1. The van der Waals surface area contributed by atoms with Crippen LogP contribution in [0, 0.1) is 6.92 Å². The van der Waals surface area contributed by atoms with Crippen LogP contribution in [0.4, 0.5) is 0 Å². The highest BCUT2D eigenvalue weighted by atomic mass is 16.5.